The first-order valence-electron chi connectivity index (χ1n) is 6.89. The number of aryl methyl sites for hydroxylation is 1. The Morgan fingerprint density at radius 2 is 1.95 bits per heavy atom. The van der Waals surface area contributed by atoms with E-state index in [1.54, 1.807) is 18.2 Å². The van der Waals surface area contributed by atoms with Crippen molar-refractivity contribution in [1.29, 1.82) is 0 Å². The van der Waals surface area contributed by atoms with Crippen LogP contribution in [0.4, 0.5) is 5.69 Å². The fourth-order valence-electron chi connectivity index (χ4n) is 1.71. The average Bonchev–Trinajstić information content (AvgIpc) is 2.39. The molecule has 0 aliphatic carbocycles. The summed E-state index contributed by atoms with van der Waals surface area (Å²) in [5.74, 6) is -0.598. The summed E-state index contributed by atoms with van der Waals surface area (Å²) in [6.07, 6.45) is 0.228. The highest BCUT2D eigenvalue weighted by atomic mass is 16.5. The van der Waals surface area contributed by atoms with Crippen LogP contribution in [0.5, 0.6) is 0 Å². The number of ether oxygens (including phenoxy) is 1. The lowest BCUT2D eigenvalue weighted by molar-refractivity contribution is -0.117. The molecule has 0 radical (unpaired) electrons. The molecular weight excluding hydrogens is 268 g/mol. The van der Waals surface area contributed by atoms with Crippen LogP contribution in [-0.4, -0.2) is 25.0 Å². The molecule has 1 unspecified atom stereocenters. The van der Waals surface area contributed by atoms with Gasteiger partial charge >= 0.3 is 5.97 Å². The minimum absolute atomic E-state index is 0.139. The number of rotatable bonds is 4. The van der Waals surface area contributed by atoms with Crippen molar-refractivity contribution in [3.63, 3.8) is 0 Å². The van der Waals surface area contributed by atoms with Crippen LogP contribution >= 0.6 is 0 Å². The van der Waals surface area contributed by atoms with Gasteiger partial charge in [0.25, 0.3) is 0 Å². The van der Waals surface area contributed by atoms with Crippen LogP contribution in [0.25, 0.3) is 0 Å². The number of esters is 1. The topological polar surface area (TPSA) is 81.4 Å². The lowest BCUT2D eigenvalue weighted by Gasteiger charge is -2.26. The molecule has 0 spiro atoms. The van der Waals surface area contributed by atoms with Gasteiger partial charge < -0.3 is 15.8 Å². The van der Waals surface area contributed by atoms with Crippen molar-refractivity contribution in [2.75, 3.05) is 12.4 Å². The maximum absolute atomic E-state index is 12.1. The summed E-state index contributed by atoms with van der Waals surface area (Å²) in [6.45, 7) is 7.84. The van der Waals surface area contributed by atoms with Gasteiger partial charge in [0.15, 0.2) is 0 Å². The van der Waals surface area contributed by atoms with Gasteiger partial charge in [0, 0.05) is 18.2 Å². The summed E-state index contributed by atoms with van der Waals surface area (Å²) in [5.41, 5.74) is 7.75. The third-order valence-corrected chi connectivity index (χ3v) is 3.45. The second-order valence-electron chi connectivity index (χ2n) is 6.25. The van der Waals surface area contributed by atoms with Gasteiger partial charge in [-0.1, -0.05) is 26.8 Å². The smallest absolute Gasteiger partial charge is 0.337 e. The van der Waals surface area contributed by atoms with E-state index in [2.05, 4.69) is 10.1 Å². The maximum Gasteiger partial charge on any atom is 0.337 e. The van der Waals surface area contributed by atoms with E-state index in [4.69, 9.17) is 5.73 Å². The Kier molecular flexibility index (Phi) is 5.49. The largest absolute Gasteiger partial charge is 0.465 e. The molecule has 0 aromatic heterocycles. The Morgan fingerprint density at radius 3 is 2.48 bits per heavy atom. The van der Waals surface area contributed by atoms with E-state index in [-0.39, 0.29) is 23.8 Å². The molecule has 5 heteroatoms. The van der Waals surface area contributed by atoms with Crippen LogP contribution in [0.15, 0.2) is 18.2 Å². The number of carbonyl (C=O) groups excluding carboxylic acids is 2. The van der Waals surface area contributed by atoms with Gasteiger partial charge in [-0.05, 0) is 30.0 Å². The van der Waals surface area contributed by atoms with E-state index in [1.807, 2.05) is 27.7 Å². The Morgan fingerprint density at radius 1 is 1.33 bits per heavy atom. The molecule has 0 aliphatic heterocycles. The van der Waals surface area contributed by atoms with Crippen LogP contribution in [0.2, 0.25) is 0 Å². The fraction of sp³-hybridized carbons (Fsp3) is 0.500. The van der Waals surface area contributed by atoms with Gasteiger partial charge in [-0.2, -0.15) is 0 Å². The number of nitrogens with one attached hydrogen (secondary N) is 1. The van der Waals surface area contributed by atoms with E-state index < -0.39 is 5.97 Å². The monoisotopic (exact) mass is 292 g/mol. The maximum atomic E-state index is 12.1. The third kappa shape index (κ3) is 4.86. The van der Waals surface area contributed by atoms with Gasteiger partial charge in [0.05, 0.1) is 12.7 Å². The van der Waals surface area contributed by atoms with Crippen LogP contribution in [0.1, 0.15) is 43.1 Å². The number of hydrogen-bond acceptors (Lipinski definition) is 4. The molecule has 0 heterocycles. The number of hydrogen-bond donors (Lipinski definition) is 2. The number of anilines is 1. The van der Waals surface area contributed by atoms with Crippen LogP contribution in [0.3, 0.4) is 0 Å². The molecular formula is C16H24N2O3. The molecule has 21 heavy (non-hydrogen) atoms. The van der Waals surface area contributed by atoms with E-state index in [0.29, 0.717) is 11.3 Å². The zero-order chi connectivity index (χ0) is 16.2. The number of methoxy groups -OCH3 is 1. The predicted molar refractivity (Wildman–Crippen MR) is 83.2 cm³/mol. The fourth-order valence-corrected chi connectivity index (χ4v) is 1.71. The highest BCUT2D eigenvalue weighted by molar-refractivity contribution is 5.95. The predicted octanol–water partition coefficient (Wildman–Crippen LogP) is 2.48. The molecule has 0 fully saturated rings. The quantitative estimate of drug-likeness (QED) is 0.835. The zero-order valence-electron chi connectivity index (χ0n) is 13.3. The van der Waals surface area contributed by atoms with Crippen molar-refractivity contribution in [2.45, 2.75) is 40.2 Å². The van der Waals surface area contributed by atoms with Gasteiger partial charge in [-0.3, -0.25) is 4.79 Å². The summed E-state index contributed by atoms with van der Waals surface area (Å²) in [4.78, 5) is 23.6. The molecule has 1 rings (SSSR count). The normalized spacial score (nSPS) is 12.7. The van der Waals surface area contributed by atoms with Crippen LogP contribution < -0.4 is 11.1 Å². The van der Waals surface area contributed by atoms with Crippen LogP contribution in [0, 0.1) is 12.3 Å². The molecule has 3 N–H and O–H groups in total. The second kappa shape index (κ2) is 6.72. The van der Waals surface area contributed by atoms with Crippen molar-refractivity contribution in [1.82, 2.24) is 0 Å². The van der Waals surface area contributed by atoms with E-state index in [0.717, 1.165) is 5.56 Å². The summed E-state index contributed by atoms with van der Waals surface area (Å²) in [6, 6.07) is 4.81. The SMILES string of the molecule is COC(=O)c1ccc(C)c(NC(=O)CC(N)C(C)(C)C)c1. The standard InChI is InChI=1S/C16H24N2O3/c1-10-6-7-11(15(20)21-5)8-12(10)18-14(19)9-13(17)16(2,3)4/h6-8,13H,9,17H2,1-5H3,(H,18,19). The van der Waals surface area contributed by atoms with E-state index in [9.17, 15) is 9.59 Å². The first kappa shape index (κ1) is 17.2. The van der Waals surface area contributed by atoms with Crippen molar-refractivity contribution < 1.29 is 14.3 Å². The molecule has 0 saturated heterocycles. The summed E-state index contributed by atoms with van der Waals surface area (Å²) in [7, 11) is 1.32. The average molecular weight is 292 g/mol. The molecule has 1 aromatic carbocycles. The molecule has 1 atom stereocenters. The Hall–Kier alpha value is -1.88. The molecule has 1 aromatic rings. The molecule has 0 aliphatic rings. The summed E-state index contributed by atoms with van der Waals surface area (Å²) < 4.78 is 4.67. The van der Waals surface area contributed by atoms with E-state index >= 15 is 0 Å². The lowest BCUT2D eigenvalue weighted by Crippen LogP contribution is -2.38. The van der Waals surface area contributed by atoms with Gasteiger partial charge in [0.2, 0.25) is 5.91 Å². The number of amides is 1. The minimum Gasteiger partial charge on any atom is -0.465 e. The molecule has 116 valence electrons. The first-order valence-corrected chi connectivity index (χ1v) is 6.89. The number of carbonyl (C=O) groups is 2. The Bertz CT molecular complexity index is 533. The molecule has 0 saturated carbocycles. The van der Waals surface area contributed by atoms with Gasteiger partial charge in [-0.25, -0.2) is 4.79 Å². The Balaban J connectivity index is 2.83. The highest BCUT2D eigenvalue weighted by Crippen LogP contribution is 2.22. The summed E-state index contributed by atoms with van der Waals surface area (Å²) >= 11 is 0. The zero-order valence-corrected chi connectivity index (χ0v) is 13.3. The number of benzene rings is 1. The van der Waals surface area contributed by atoms with E-state index in [1.165, 1.54) is 7.11 Å². The third-order valence-electron chi connectivity index (χ3n) is 3.45. The van der Waals surface area contributed by atoms with Crippen molar-refractivity contribution in [3.05, 3.63) is 29.3 Å². The minimum atomic E-state index is -0.433. The Labute approximate surface area is 125 Å². The molecule has 5 nitrogen and oxygen atoms in total. The first-order chi connectivity index (χ1) is 9.65. The van der Waals surface area contributed by atoms with Crippen LogP contribution in [-0.2, 0) is 9.53 Å². The van der Waals surface area contributed by atoms with Gasteiger partial charge in [0.1, 0.15) is 0 Å². The van der Waals surface area contributed by atoms with Crippen molar-refractivity contribution >= 4 is 17.6 Å². The van der Waals surface area contributed by atoms with Gasteiger partial charge in [-0.15, -0.1) is 0 Å². The van der Waals surface area contributed by atoms with Crippen molar-refractivity contribution in [3.8, 4) is 0 Å². The number of nitrogens with two attached hydrogens (primary N) is 1. The van der Waals surface area contributed by atoms with Crippen molar-refractivity contribution in [2.24, 2.45) is 11.1 Å². The lowest BCUT2D eigenvalue weighted by atomic mass is 9.85. The molecule has 0 bridgehead atoms. The molecule has 1 amide bonds. The summed E-state index contributed by atoms with van der Waals surface area (Å²) in [5, 5.41) is 2.81. The highest BCUT2D eigenvalue weighted by Gasteiger charge is 2.23. The second-order valence-corrected chi connectivity index (χ2v) is 6.25.